The van der Waals surface area contributed by atoms with Crippen LogP contribution in [0.15, 0.2) is 12.1 Å². The molecule has 29 heavy (non-hydrogen) atoms. The lowest BCUT2D eigenvalue weighted by Gasteiger charge is -2.46. The van der Waals surface area contributed by atoms with Crippen molar-refractivity contribution in [1.29, 1.82) is 0 Å². The fourth-order valence-corrected chi connectivity index (χ4v) is 4.46. The molecule has 1 atom stereocenters. The minimum Gasteiger partial charge on any atom is -0.350 e. The van der Waals surface area contributed by atoms with E-state index in [-0.39, 0.29) is 17.7 Å². The molecule has 2 fully saturated rings. The maximum atomic E-state index is 13.5. The number of carbonyl (C=O) groups excluding carboxylic acids is 1. The predicted octanol–water partition coefficient (Wildman–Crippen LogP) is 3.86. The number of piperidine rings is 1. The van der Waals surface area contributed by atoms with Crippen LogP contribution in [0.3, 0.4) is 0 Å². The Balaban J connectivity index is 1.81. The van der Waals surface area contributed by atoms with Crippen molar-refractivity contribution in [2.24, 2.45) is 0 Å². The summed E-state index contributed by atoms with van der Waals surface area (Å²) in [6.45, 7) is 10.6. The molecule has 1 aromatic carbocycles. The number of hydroxylamine groups is 4. The molecular formula is C23H36N2O4. The van der Waals surface area contributed by atoms with Gasteiger partial charge in [0.05, 0.1) is 19.1 Å². The van der Waals surface area contributed by atoms with Crippen LogP contribution in [0.25, 0.3) is 0 Å². The zero-order valence-electron chi connectivity index (χ0n) is 18.6. The zero-order chi connectivity index (χ0) is 21.0. The van der Waals surface area contributed by atoms with Gasteiger partial charge in [-0.15, -0.1) is 0 Å². The fourth-order valence-electron chi connectivity index (χ4n) is 4.46. The first-order chi connectivity index (χ1) is 13.8. The Bertz CT molecular complexity index is 684. The van der Waals surface area contributed by atoms with Crippen LogP contribution in [-0.2, 0) is 25.6 Å². The van der Waals surface area contributed by atoms with Crippen molar-refractivity contribution in [3.05, 3.63) is 34.4 Å². The highest BCUT2D eigenvalue weighted by Gasteiger charge is 2.41. The highest BCUT2D eigenvalue weighted by atomic mass is 16.8. The molecule has 1 amide bonds. The Labute approximate surface area is 175 Å². The molecule has 2 aliphatic heterocycles. The molecule has 0 saturated carbocycles. The fraction of sp³-hybridized carbons (Fsp3) is 0.696. The van der Waals surface area contributed by atoms with E-state index in [1.54, 1.807) is 12.2 Å². The average Bonchev–Trinajstić information content (AvgIpc) is 2.70. The number of hydrogen-bond acceptors (Lipinski definition) is 5. The second-order valence-electron chi connectivity index (χ2n) is 8.75. The number of rotatable bonds is 6. The van der Waals surface area contributed by atoms with E-state index in [4.69, 9.17) is 14.4 Å². The summed E-state index contributed by atoms with van der Waals surface area (Å²) in [5.41, 5.74) is 4.25. The maximum absolute atomic E-state index is 13.5. The molecule has 0 N–H and O–H groups in total. The summed E-state index contributed by atoms with van der Waals surface area (Å²) in [5, 5.41) is 3.59. The Kier molecular flexibility index (Phi) is 7.32. The molecule has 1 aromatic rings. The highest BCUT2D eigenvalue weighted by molar-refractivity contribution is 5.79. The van der Waals surface area contributed by atoms with Gasteiger partial charge in [-0.25, -0.2) is 9.90 Å². The normalized spacial score (nSPS) is 22.4. The molecule has 2 saturated heterocycles. The van der Waals surface area contributed by atoms with Crippen LogP contribution in [0.4, 0.5) is 0 Å². The van der Waals surface area contributed by atoms with Crippen LogP contribution >= 0.6 is 0 Å². The van der Waals surface area contributed by atoms with E-state index < -0.39 is 0 Å². The Morgan fingerprint density at radius 1 is 1.21 bits per heavy atom. The van der Waals surface area contributed by atoms with Crippen LogP contribution < -0.4 is 0 Å². The molecule has 6 heteroatoms. The molecule has 2 heterocycles. The molecule has 0 aromatic heterocycles. The van der Waals surface area contributed by atoms with Crippen molar-refractivity contribution in [2.75, 3.05) is 26.8 Å². The molecule has 0 radical (unpaired) electrons. The average molecular weight is 405 g/mol. The van der Waals surface area contributed by atoms with Gasteiger partial charge in [-0.3, -0.25) is 4.79 Å². The number of carbonyl (C=O) groups is 1. The van der Waals surface area contributed by atoms with Crippen molar-refractivity contribution < 1.29 is 19.2 Å². The first-order valence-electron chi connectivity index (χ1n) is 10.8. The molecular weight excluding hydrogens is 368 g/mol. The van der Waals surface area contributed by atoms with E-state index in [0.717, 1.165) is 61.9 Å². The third kappa shape index (κ3) is 5.37. The summed E-state index contributed by atoms with van der Waals surface area (Å²) in [5.74, 6) is 0.00240. The summed E-state index contributed by atoms with van der Waals surface area (Å²) in [4.78, 5) is 25.2. The second kappa shape index (κ2) is 9.56. The van der Waals surface area contributed by atoms with Crippen LogP contribution in [0.1, 0.15) is 61.3 Å². The number of amides is 1. The lowest BCUT2D eigenvalue weighted by atomic mass is 9.89. The van der Waals surface area contributed by atoms with E-state index in [9.17, 15) is 4.79 Å². The standard InChI is InChI=1S/C23H36N2O4/c1-17-14-18(2)20(19(3)15-17)16-21(26)25(29-22-8-6-7-13-28-22)23(4)9-11-24(27-5)12-10-23/h14-15,22H,6-13,16H2,1-5H3. The Morgan fingerprint density at radius 2 is 1.86 bits per heavy atom. The van der Waals surface area contributed by atoms with Gasteiger partial charge in [0.15, 0.2) is 6.29 Å². The summed E-state index contributed by atoms with van der Waals surface area (Å²) in [7, 11) is 1.70. The molecule has 6 nitrogen and oxygen atoms in total. The quantitative estimate of drug-likeness (QED) is 0.674. The number of ether oxygens (including phenoxy) is 1. The summed E-state index contributed by atoms with van der Waals surface area (Å²) in [6.07, 6.45) is 4.54. The van der Waals surface area contributed by atoms with Gasteiger partial charge in [-0.1, -0.05) is 17.7 Å². The Hall–Kier alpha value is -1.47. The largest absolute Gasteiger partial charge is 0.350 e. The van der Waals surface area contributed by atoms with E-state index >= 15 is 0 Å². The smallest absolute Gasteiger partial charge is 0.251 e. The lowest BCUT2D eigenvalue weighted by molar-refractivity contribution is -0.315. The van der Waals surface area contributed by atoms with Gasteiger partial charge >= 0.3 is 0 Å². The van der Waals surface area contributed by atoms with Crippen molar-refractivity contribution in [2.45, 2.75) is 78.0 Å². The number of benzene rings is 1. The van der Waals surface area contributed by atoms with Crippen molar-refractivity contribution in [3.63, 3.8) is 0 Å². The first kappa shape index (κ1) is 22.2. The SMILES string of the molecule is CON1CCC(C)(N(OC2CCCCO2)C(=O)Cc2c(C)cc(C)cc2C)CC1. The van der Waals surface area contributed by atoms with Crippen molar-refractivity contribution in [1.82, 2.24) is 10.1 Å². The van der Waals surface area contributed by atoms with Gasteiger partial charge in [0.1, 0.15) is 0 Å². The second-order valence-corrected chi connectivity index (χ2v) is 8.75. The predicted molar refractivity (Wildman–Crippen MR) is 112 cm³/mol. The minimum absolute atomic E-state index is 0.00240. The van der Waals surface area contributed by atoms with E-state index in [0.29, 0.717) is 13.0 Å². The van der Waals surface area contributed by atoms with Crippen LogP contribution in [0.2, 0.25) is 0 Å². The first-order valence-corrected chi connectivity index (χ1v) is 10.8. The van der Waals surface area contributed by atoms with E-state index in [1.807, 2.05) is 5.06 Å². The maximum Gasteiger partial charge on any atom is 0.251 e. The third-order valence-corrected chi connectivity index (χ3v) is 6.30. The molecule has 3 rings (SSSR count). The van der Waals surface area contributed by atoms with Gasteiger partial charge in [0, 0.05) is 26.1 Å². The summed E-state index contributed by atoms with van der Waals surface area (Å²) >= 11 is 0. The van der Waals surface area contributed by atoms with Crippen molar-refractivity contribution >= 4 is 5.91 Å². The molecule has 1 unspecified atom stereocenters. The zero-order valence-corrected chi connectivity index (χ0v) is 18.6. The van der Waals surface area contributed by atoms with Gasteiger partial charge in [-0.05, 0) is 70.1 Å². The van der Waals surface area contributed by atoms with Gasteiger partial charge < -0.3 is 9.57 Å². The van der Waals surface area contributed by atoms with Gasteiger partial charge in [0.2, 0.25) is 0 Å². The van der Waals surface area contributed by atoms with Gasteiger partial charge in [-0.2, -0.15) is 5.06 Å². The number of aryl methyl sites for hydroxylation is 3. The Morgan fingerprint density at radius 3 is 2.41 bits per heavy atom. The minimum atomic E-state index is -0.376. The molecule has 0 spiro atoms. The molecule has 162 valence electrons. The monoisotopic (exact) mass is 404 g/mol. The number of hydrogen-bond donors (Lipinski definition) is 0. The molecule has 2 aliphatic rings. The molecule has 0 aliphatic carbocycles. The summed E-state index contributed by atoms with van der Waals surface area (Å²) < 4.78 is 5.80. The van der Waals surface area contributed by atoms with Crippen molar-refractivity contribution in [3.8, 4) is 0 Å². The summed E-state index contributed by atoms with van der Waals surface area (Å²) in [6, 6.07) is 4.29. The van der Waals surface area contributed by atoms with E-state index in [2.05, 4.69) is 39.8 Å². The third-order valence-electron chi connectivity index (χ3n) is 6.30. The lowest BCUT2D eigenvalue weighted by Crippen LogP contribution is -2.57. The molecule has 0 bridgehead atoms. The topological polar surface area (TPSA) is 51.2 Å². The van der Waals surface area contributed by atoms with Crippen LogP contribution in [0.5, 0.6) is 0 Å². The highest BCUT2D eigenvalue weighted by Crippen LogP contribution is 2.32. The van der Waals surface area contributed by atoms with Crippen LogP contribution in [-0.4, -0.2) is 54.7 Å². The number of nitrogens with zero attached hydrogens (tertiary/aromatic N) is 2. The van der Waals surface area contributed by atoms with Gasteiger partial charge in [0.25, 0.3) is 5.91 Å². The van der Waals surface area contributed by atoms with E-state index in [1.165, 1.54) is 5.56 Å². The van der Waals surface area contributed by atoms with Crippen LogP contribution in [0, 0.1) is 20.8 Å².